The molecule has 3 N–H and O–H groups in total. The first-order valence-electron chi connectivity index (χ1n) is 10.9. The standard InChI is InChI=1S/C23H28FN5O3/c24-18-5-3-4-17(12-18)13-23(9-10-25-16-23)28-20-15-26-19(14-27-20)7-8-21(30)29-32-22-6-1-2-11-31-22/h3-5,7-8,12,14-15,22,25H,1-2,6,9-11,13,16H2,(H,27,28)(H,29,30)/b8-7+/t22?,23-/m0/s1. The smallest absolute Gasteiger partial charge is 0.267 e. The molecule has 1 amide bonds. The maximum Gasteiger partial charge on any atom is 0.267 e. The molecular weight excluding hydrogens is 413 g/mol. The van der Waals surface area contributed by atoms with Crippen LogP contribution in [0.5, 0.6) is 0 Å². The van der Waals surface area contributed by atoms with Crippen molar-refractivity contribution < 1.29 is 18.8 Å². The Bertz CT molecular complexity index is 925. The third-order valence-corrected chi connectivity index (χ3v) is 5.57. The Morgan fingerprint density at radius 2 is 2.28 bits per heavy atom. The Balaban J connectivity index is 1.32. The number of rotatable bonds is 8. The van der Waals surface area contributed by atoms with Gasteiger partial charge in [-0.1, -0.05) is 12.1 Å². The maximum atomic E-state index is 13.6. The summed E-state index contributed by atoms with van der Waals surface area (Å²) in [5, 5.41) is 6.84. The molecular formula is C23H28FN5O3. The van der Waals surface area contributed by atoms with Gasteiger partial charge in [-0.05, 0) is 56.0 Å². The largest absolute Gasteiger partial charge is 0.362 e. The molecule has 2 saturated heterocycles. The van der Waals surface area contributed by atoms with Gasteiger partial charge in [0, 0.05) is 25.6 Å². The lowest BCUT2D eigenvalue weighted by Gasteiger charge is -2.30. The van der Waals surface area contributed by atoms with Crippen molar-refractivity contribution in [2.75, 3.05) is 25.0 Å². The van der Waals surface area contributed by atoms with E-state index in [4.69, 9.17) is 9.57 Å². The van der Waals surface area contributed by atoms with E-state index in [-0.39, 0.29) is 11.4 Å². The molecule has 9 heteroatoms. The van der Waals surface area contributed by atoms with Gasteiger partial charge in [0.1, 0.15) is 11.6 Å². The molecule has 170 valence electrons. The number of ether oxygens (including phenoxy) is 1. The van der Waals surface area contributed by atoms with Gasteiger partial charge in [-0.15, -0.1) is 0 Å². The molecule has 0 radical (unpaired) electrons. The summed E-state index contributed by atoms with van der Waals surface area (Å²) in [4.78, 5) is 26.0. The van der Waals surface area contributed by atoms with Crippen LogP contribution in [0.1, 0.15) is 36.9 Å². The van der Waals surface area contributed by atoms with Crippen molar-refractivity contribution in [2.24, 2.45) is 0 Å². The summed E-state index contributed by atoms with van der Waals surface area (Å²) in [6.07, 6.45) is 10.1. The predicted molar refractivity (Wildman–Crippen MR) is 118 cm³/mol. The zero-order valence-electron chi connectivity index (χ0n) is 17.9. The third kappa shape index (κ3) is 6.32. The van der Waals surface area contributed by atoms with Gasteiger partial charge in [0.2, 0.25) is 0 Å². The summed E-state index contributed by atoms with van der Waals surface area (Å²) >= 11 is 0. The van der Waals surface area contributed by atoms with Crippen molar-refractivity contribution in [2.45, 2.75) is 43.9 Å². The third-order valence-electron chi connectivity index (χ3n) is 5.57. The van der Waals surface area contributed by atoms with E-state index in [1.54, 1.807) is 30.6 Å². The Hall–Kier alpha value is -2.88. The average Bonchev–Trinajstić information content (AvgIpc) is 3.25. The summed E-state index contributed by atoms with van der Waals surface area (Å²) in [7, 11) is 0. The van der Waals surface area contributed by atoms with E-state index in [0.717, 1.165) is 44.3 Å². The first kappa shape index (κ1) is 22.3. The number of nitrogens with one attached hydrogen (secondary N) is 3. The van der Waals surface area contributed by atoms with Crippen LogP contribution >= 0.6 is 0 Å². The topological polar surface area (TPSA) is 97.4 Å². The van der Waals surface area contributed by atoms with E-state index >= 15 is 0 Å². The zero-order chi connectivity index (χ0) is 22.2. The first-order valence-corrected chi connectivity index (χ1v) is 10.9. The van der Waals surface area contributed by atoms with E-state index in [0.29, 0.717) is 24.5 Å². The molecule has 4 rings (SSSR count). The minimum atomic E-state index is -0.394. The lowest BCUT2D eigenvalue weighted by atomic mass is 9.90. The first-order chi connectivity index (χ1) is 15.6. The van der Waals surface area contributed by atoms with Crippen LogP contribution in [0.2, 0.25) is 0 Å². The number of benzene rings is 1. The summed E-state index contributed by atoms with van der Waals surface area (Å²) in [6.45, 7) is 2.27. The molecule has 2 aromatic rings. The highest BCUT2D eigenvalue weighted by Gasteiger charge is 2.34. The summed E-state index contributed by atoms with van der Waals surface area (Å²) in [5.41, 5.74) is 3.58. The highest BCUT2D eigenvalue weighted by molar-refractivity contribution is 5.90. The molecule has 3 heterocycles. The summed E-state index contributed by atoms with van der Waals surface area (Å²) in [5.74, 6) is -0.000946. The lowest BCUT2D eigenvalue weighted by Crippen LogP contribution is -2.43. The second kappa shape index (κ2) is 10.6. The van der Waals surface area contributed by atoms with Gasteiger partial charge in [-0.2, -0.15) is 0 Å². The van der Waals surface area contributed by atoms with Crippen molar-refractivity contribution in [1.82, 2.24) is 20.8 Å². The van der Waals surface area contributed by atoms with Crippen molar-refractivity contribution in [3.63, 3.8) is 0 Å². The minimum absolute atomic E-state index is 0.236. The van der Waals surface area contributed by atoms with Gasteiger partial charge in [-0.25, -0.2) is 19.7 Å². The fourth-order valence-corrected chi connectivity index (χ4v) is 3.97. The van der Waals surface area contributed by atoms with Crippen LogP contribution in [0, 0.1) is 5.82 Å². The Kier molecular flexibility index (Phi) is 7.41. The average molecular weight is 442 g/mol. The number of carbonyl (C=O) groups is 1. The van der Waals surface area contributed by atoms with Crippen molar-refractivity contribution in [3.8, 4) is 0 Å². The van der Waals surface area contributed by atoms with E-state index < -0.39 is 12.2 Å². The summed E-state index contributed by atoms with van der Waals surface area (Å²) < 4.78 is 19.0. The number of hydroxylamine groups is 1. The van der Waals surface area contributed by atoms with Crippen LogP contribution in [0.4, 0.5) is 10.2 Å². The highest BCUT2D eigenvalue weighted by atomic mass is 19.1. The van der Waals surface area contributed by atoms with Crippen LogP contribution in [0.3, 0.4) is 0 Å². The van der Waals surface area contributed by atoms with E-state index in [9.17, 15) is 9.18 Å². The molecule has 2 fully saturated rings. The van der Waals surface area contributed by atoms with Crippen LogP contribution in [0.15, 0.2) is 42.7 Å². The molecule has 2 aliphatic rings. The normalized spacial score (nSPS) is 23.3. The molecule has 1 unspecified atom stereocenters. The highest BCUT2D eigenvalue weighted by Crippen LogP contribution is 2.25. The number of carbonyl (C=O) groups excluding carboxylic acids is 1. The van der Waals surface area contributed by atoms with Crippen molar-refractivity contribution in [1.29, 1.82) is 0 Å². The maximum absolute atomic E-state index is 13.6. The number of hydrogen-bond acceptors (Lipinski definition) is 7. The van der Waals surface area contributed by atoms with Crippen LogP contribution < -0.4 is 16.1 Å². The van der Waals surface area contributed by atoms with Crippen LogP contribution in [0.25, 0.3) is 6.08 Å². The fraction of sp³-hybridized carbons (Fsp3) is 0.435. The van der Waals surface area contributed by atoms with E-state index in [2.05, 4.69) is 26.1 Å². The van der Waals surface area contributed by atoms with Crippen molar-refractivity contribution >= 4 is 17.8 Å². The summed E-state index contributed by atoms with van der Waals surface area (Å²) in [6, 6.07) is 6.67. The van der Waals surface area contributed by atoms with Gasteiger partial charge in [0.25, 0.3) is 5.91 Å². The van der Waals surface area contributed by atoms with Gasteiger partial charge < -0.3 is 15.4 Å². The molecule has 32 heavy (non-hydrogen) atoms. The number of nitrogens with zero attached hydrogens (tertiary/aromatic N) is 2. The van der Waals surface area contributed by atoms with Gasteiger partial charge in [-0.3, -0.25) is 9.78 Å². The molecule has 1 aromatic carbocycles. The van der Waals surface area contributed by atoms with Crippen LogP contribution in [-0.2, 0) is 20.8 Å². The van der Waals surface area contributed by atoms with Gasteiger partial charge in [0.05, 0.1) is 23.6 Å². The number of aromatic nitrogens is 2. The Morgan fingerprint density at radius 1 is 1.34 bits per heavy atom. The van der Waals surface area contributed by atoms with Crippen molar-refractivity contribution in [3.05, 3.63) is 59.8 Å². The molecule has 2 aliphatic heterocycles. The predicted octanol–water partition coefficient (Wildman–Crippen LogP) is 2.59. The molecule has 8 nitrogen and oxygen atoms in total. The zero-order valence-corrected chi connectivity index (χ0v) is 17.9. The lowest BCUT2D eigenvalue weighted by molar-refractivity contribution is -0.198. The number of amides is 1. The number of anilines is 1. The molecule has 2 atom stereocenters. The quantitative estimate of drug-likeness (QED) is 0.428. The second-order valence-electron chi connectivity index (χ2n) is 8.18. The number of hydrogen-bond donors (Lipinski definition) is 3. The molecule has 0 saturated carbocycles. The van der Waals surface area contributed by atoms with Gasteiger partial charge >= 0.3 is 0 Å². The minimum Gasteiger partial charge on any atom is -0.362 e. The van der Waals surface area contributed by atoms with E-state index in [1.807, 2.05) is 6.07 Å². The second-order valence-corrected chi connectivity index (χ2v) is 8.18. The Morgan fingerprint density at radius 3 is 3.00 bits per heavy atom. The SMILES string of the molecule is O=C(/C=C/c1cnc(N[C@]2(Cc3cccc(F)c3)CCNC2)cn1)NOC1CCCCO1. The van der Waals surface area contributed by atoms with Gasteiger partial charge in [0.15, 0.2) is 6.29 Å². The molecule has 0 aliphatic carbocycles. The molecule has 0 spiro atoms. The molecule has 1 aromatic heterocycles. The monoisotopic (exact) mass is 441 g/mol. The number of halogens is 1. The van der Waals surface area contributed by atoms with E-state index in [1.165, 1.54) is 12.1 Å². The molecule has 0 bridgehead atoms. The fourth-order valence-electron chi connectivity index (χ4n) is 3.97. The Labute approximate surface area is 186 Å². The van der Waals surface area contributed by atoms with Crippen LogP contribution in [-0.4, -0.2) is 47.4 Å².